The minimum absolute atomic E-state index is 0.206. The standard InChI is InChI=1S/C14H15IO3/c1-14(17,12(10-15)13(16)18-2)9-8-11-6-4-3-5-7-11/h3-10,17H,1-2H3/b9-8+,12-10+. The van der Waals surface area contributed by atoms with Gasteiger partial charge in [-0.25, -0.2) is 4.79 Å². The number of halogens is 1. The van der Waals surface area contributed by atoms with Gasteiger partial charge in [0.15, 0.2) is 0 Å². The lowest BCUT2D eigenvalue weighted by Crippen LogP contribution is -2.29. The topological polar surface area (TPSA) is 46.5 Å². The average molecular weight is 358 g/mol. The lowest BCUT2D eigenvalue weighted by atomic mass is 9.96. The summed E-state index contributed by atoms with van der Waals surface area (Å²) in [7, 11) is 1.29. The van der Waals surface area contributed by atoms with Gasteiger partial charge >= 0.3 is 5.97 Å². The van der Waals surface area contributed by atoms with Crippen LogP contribution in [0.15, 0.2) is 46.1 Å². The molecule has 18 heavy (non-hydrogen) atoms. The SMILES string of the molecule is COC(=O)/C(=C\I)C(C)(O)/C=C/c1ccccc1. The van der Waals surface area contributed by atoms with Crippen molar-refractivity contribution in [2.75, 3.05) is 7.11 Å². The third-order valence-corrected chi connectivity index (χ3v) is 3.08. The lowest BCUT2D eigenvalue weighted by molar-refractivity contribution is -0.137. The highest BCUT2D eigenvalue weighted by molar-refractivity contribution is 14.1. The maximum absolute atomic E-state index is 11.5. The Labute approximate surface area is 120 Å². The van der Waals surface area contributed by atoms with Gasteiger partial charge in [0.2, 0.25) is 0 Å². The van der Waals surface area contributed by atoms with Crippen molar-refractivity contribution in [3.8, 4) is 0 Å². The van der Waals surface area contributed by atoms with E-state index in [1.54, 1.807) is 19.1 Å². The van der Waals surface area contributed by atoms with Crippen LogP contribution in [0.25, 0.3) is 6.08 Å². The monoisotopic (exact) mass is 358 g/mol. The van der Waals surface area contributed by atoms with Gasteiger partial charge in [-0.1, -0.05) is 59.0 Å². The van der Waals surface area contributed by atoms with Gasteiger partial charge in [0.05, 0.1) is 12.7 Å². The fraction of sp³-hybridized carbons (Fsp3) is 0.214. The summed E-state index contributed by atoms with van der Waals surface area (Å²) in [5.74, 6) is -0.535. The second-order valence-corrected chi connectivity index (χ2v) is 4.53. The molecule has 1 N–H and O–H groups in total. The van der Waals surface area contributed by atoms with Crippen molar-refractivity contribution in [2.24, 2.45) is 0 Å². The molecular formula is C14H15IO3. The number of carbonyl (C=O) groups is 1. The molecule has 0 heterocycles. The molecule has 0 aliphatic carbocycles. The van der Waals surface area contributed by atoms with Crippen LogP contribution in [-0.2, 0) is 9.53 Å². The number of carbonyl (C=O) groups excluding carboxylic acids is 1. The van der Waals surface area contributed by atoms with Crippen LogP contribution in [0.1, 0.15) is 12.5 Å². The van der Waals surface area contributed by atoms with Crippen molar-refractivity contribution in [1.82, 2.24) is 0 Å². The summed E-state index contributed by atoms with van der Waals surface area (Å²) in [6.07, 6.45) is 3.34. The molecular weight excluding hydrogens is 343 g/mol. The fourth-order valence-corrected chi connectivity index (χ4v) is 2.27. The summed E-state index contributed by atoms with van der Waals surface area (Å²) in [6.45, 7) is 1.55. The minimum Gasteiger partial charge on any atom is -0.466 e. The molecule has 0 radical (unpaired) electrons. The van der Waals surface area contributed by atoms with Crippen LogP contribution in [0.4, 0.5) is 0 Å². The first-order valence-electron chi connectivity index (χ1n) is 5.37. The van der Waals surface area contributed by atoms with Crippen molar-refractivity contribution in [3.63, 3.8) is 0 Å². The van der Waals surface area contributed by atoms with Crippen LogP contribution < -0.4 is 0 Å². The largest absolute Gasteiger partial charge is 0.466 e. The second kappa shape index (κ2) is 6.70. The molecule has 0 bridgehead atoms. The molecule has 0 aliphatic rings. The van der Waals surface area contributed by atoms with Gasteiger partial charge in [-0.15, -0.1) is 0 Å². The summed E-state index contributed by atoms with van der Waals surface area (Å²) < 4.78 is 6.16. The first-order chi connectivity index (χ1) is 8.51. The van der Waals surface area contributed by atoms with E-state index in [0.717, 1.165) is 5.56 Å². The molecule has 1 aromatic carbocycles. The predicted molar refractivity (Wildman–Crippen MR) is 80.2 cm³/mol. The van der Waals surface area contributed by atoms with Crippen LogP contribution in [0.3, 0.4) is 0 Å². The summed E-state index contributed by atoms with van der Waals surface area (Å²) in [6, 6.07) is 9.56. The molecule has 96 valence electrons. The molecule has 0 aromatic heterocycles. The number of esters is 1. The van der Waals surface area contributed by atoms with E-state index < -0.39 is 11.6 Å². The van der Waals surface area contributed by atoms with Crippen LogP contribution in [0.5, 0.6) is 0 Å². The van der Waals surface area contributed by atoms with E-state index in [4.69, 9.17) is 0 Å². The molecule has 0 spiro atoms. The Balaban J connectivity index is 2.94. The zero-order chi connectivity index (χ0) is 13.6. The summed E-state index contributed by atoms with van der Waals surface area (Å²) in [5, 5.41) is 10.3. The molecule has 0 saturated carbocycles. The Morgan fingerprint density at radius 2 is 2.00 bits per heavy atom. The van der Waals surface area contributed by atoms with Gasteiger partial charge in [-0.2, -0.15) is 0 Å². The van der Waals surface area contributed by atoms with Crippen LogP contribution in [0.2, 0.25) is 0 Å². The minimum atomic E-state index is -1.36. The van der Waals surface area contributed by atoms with Crippen molar-refractivity contribution < 1.29 is 14.6 Å². The van der Waals surface area contributed by atoms with E-state index in [1.807, 2.05) is 52.9 Å². The third-order valence-electron chi connectivity index (χ3n) is 2.46. The zero-order valence-electron chi connectivity index (χ0n) is 10.3. The number of hydrogen-bond acceptors (Lipinski definition) is 3. The van der Waals surface area contributed by atoms with E-state index in [2.05, 4.69) is 4.74 Å². The first-order valence-corrected chi connectivity index (χ1v) is 6.61. The molecule has 0 amide bonds. The van der Waals surface area contributed by atoms with Crippen molar-refractivity contribution in [3.05, 3.63) is 51.6 Å². The summed E-state index contributed by atoms with van der Waals surface area (Å²) in [5.41, 5.74) is -0.197. The van der Waals surface area contributed by atoms with E-state index in [9.17, 15) is 9.90 Å². The van der Waals surface area contributed by atoms with Crippen molar-refractivity contribution in [2.45, 2.75) is 12.5 Å². The zero-order valence-corrected chi connectivity index (χ0v) is 12.4. The molecule has 0 saturated heterocycles. The Hall–Kier alpha value is -1.14. The maximum Gasteiger partial charge on any atom is 0.337 e. The molecule has 1 atom stereocenters. The van der Waals surface area contributed by atoms with E-state index in [1.165, 1.54) is 11.2 Å². The van der Waals surface area contributed by atoms with Gasteiger partial charge in [0.1, 0.15) is 5.60 Å². The van der Waals surface area contributed by atoms with Crippen LogP contribution in [0, 0.1) is 0 Å². The average Bonchev–Trinajstić information content (AvgIpc) is 2.38. The maximum atomic E-state index is 11.5. The molecule has 1 unspecified atom stereocenters. The number of rotatable bonds is 4. The highest BCUT2D eigenvalue weighted by Gasteiger charge is 2.28. The molecule has 3 nitrogen and oxygen atoms in total. The first kappa shape index (κ1) is 14.9. The quantitative estimate of drug-likeness (QED) is 0.512. The summed E-state index contributed by atoms with van der Waals surface area (Å²) >= 11 is 1.91. The second-order valence-electron chi connectivity index (χ2n) is 3.91. The van der Waals surface area contributed by atoms with Gasteiger partial charge in [-0.05, 0) is 22.6 Å². The fourth-order valence-electron chi connectivity index (χ4n) is 1.38. The highest BCUT2D eigenvalue weighted by Crippen LogP contribution is 2.22. The molecule has 1 rings (SSSR count). The smallest absolute Gasteiger partial charge is 0.337 e. The highest BCUT2D eigenvalue weighted by atomic mass is 127. The Morgan fingerprint density at radius 3 is 2.50 bits per heavy atom. The molecule has 1 aromatic rings. The Bertz CT molecular complexity index is 461. The number of aliphatic hydroxyl groups is 1. The number of benzene rings is 1. The van der Waals surface area contributed by atoms with Crippen molar-refractivity contribution in [1.29, 1.82) is 0 Å². The normalized spacial score (nSPS) is 15.4. The van der Waals surface area contributed by atoms with Gasteiger partial charge < -0.3 is 9.84 Å². The van der Waals surface area contributed by atoms with Gasteiger partial charge in [0, 0.05) is 0 Å². The van der Waals surface area contributed by atoms with E-state index in [-0.39, 0.29) is 5.57 Å². The molecule has 0 aliphatic heterocycles. The van der Waals surface area contributed by atoms with Crippen molar-refractivity contribution >= 4 is 34.6 Å². The summed E-state index contributed by atoms with van der Waals surface area (Å²) in [4.78, 5) is 11.5. The van der Waals surface area contributed by atoms with Gasteiger partial charge in [-0.3, -0.25) is 0 Å². The number of ether oxygens (including phenoxy) is 1. The lowest BCUT2D eigenvalue weighted by Gasteiger charge is -2.20. The van der Waals surface area contributed by atoms with Crippen LogP contribution in [-0.4, -0.2) is 23.8 Å². The number of methoxy groups -OCH3 is 1. The Morgan fingerprint density at radius 1 is 1.39 bits per heavy atom. The van der Waals surface area contributed by atoms with Gasteiger partial charge in [0.25, 0.3) is 0 Å². The third kappa shape index (κ3) is 3.96. The predicted octanol–water partition coefficient (Wildman–Crippen LogP) is 2.94. The molecule has 0 fully saturated rings. The van der Waals surface area contributed by atoms with E-state index in [0.29, 0.717) is 0 Å². The Kier molecular flexibility index (Phi) is 5.55. The van der Waals surface area contributed by atoms with Crippen LogP contribution >= 0.6 is 22.6 Å². The molecule has 4 heteroatoms. The number of hydrogen-bond donors (Lipinski definition) is 1. The van der Waals surface area contributed by atoms with E-state index >= 15 is 0 Å².